The van der Waals surface area contributed by atoms with Crippen LogP contribution in [0.15, 0.2) is 109 Å². The predicted molar refractivity (Wildman–Crippen MR) is 215 cm³/mol. The Morgan fingerprint density at radius 3 is 1.89 bits per heavy atom. The molecule has 2 aromatic heterocycles. The van der Waals surface area contributed by atoms with Gasteiger partial charge >= 0.3 is 0 Å². The SMILES string of the molecule is CCc1c(CCl)ncc2ccccc12.O=C1N(Cc2ncc3ccccc3c2CO)c2ccccc2C12CC(O)C2.O=C1Nc2ccccc2C12CC(O)C2. The lowest BCUT2D eigenvalue weighted by molar-refractivity contribution is -0.131. The monoisotopic (exact) mass is 754 g/mol. The van der Waals surface area contributed by atoms with E-state index in [1.165, 1.54) is 16.3 Å². The van der Waals surface area contributed by atoms with Crippen molar-refractivity contribution in [2.24, 2.45) is 0 Å². The first-order chi connectivity index (χ1) is 26.7. The van der Waals surface area contributed by atoms with Gasteiger partial charge in [-0.05, 0) is 71.7 Å². The summed E-state index contributed by atoms with van der Waals surface area (Å²) < 4.78 is 0. The van der Waals surface area contributed by atoms with Crippen molar-refractivity contribution in [3.05, 3.63) is 143 Å². The van der Waals surface area contributed by atoms with Crippen LogP contribution in [0.1, 0.15) is 66.2 Å². The third-order valence-electron chi connectivity index (χ3n) is 11.8. The van der Waals surface area contributed by atoms with Gasteiger partial charge in [0.1, 0.15) is 0 Å². The molecule has 4 aromatic carbocycles. The maximum absolute atomic E-state index is 13.3. The number of aliphatic hydroxyl groups is 3. The van der Waals surface area contributed by atoms with E-state index < -0.39 is 16.9 Å². The number of halogens is 1. The molecule has 10 heteroatoms. The Labute approximate surface area is 324 Å². The third kappa shape index (κ3) is 6.25. The number of para-hydroxylation sites is 2. The molecule has 280 valence electrons. The fraction of sp³-hybridized carbons (Fsp3) is 0.289. The van der Waals surface area contributed by atoms with Crippen LogP contribution in [0.25, 0.3) is 21.5 Å². The van der Waals surface area contributed by atoms with Gasteiger partial charge in [-0.3, -0.25) is 19.6 Å². The molecule has 2 aliphatic carbocycles. The molecule has 2 aliphatic heterocycles. The van der Waals surface area contributed by atoms with E-state index in [-0.39, 0.29) is 24.5 Å². The van der Waals surface area contributed by atoms with Crippen LogP contribution in [0.2, 0.25) is 0 Å². The van der Waals surface area contributed by atoms with E-state index in [4.69, 9.17) is 11.6 Å². The number of carbonyl (C=O) groups excluding carboxylic acids is 2. The molecule has 2 fully saturated rings. The highest BCUT2D eigenvalue weighted by Crippen LogP contribution is 2.54. The Balaban J connectivity index is 0.000000128. The second kappa shape index (κ2) is 14.8. The fourth-order valence-electron chi connectivity index (χ4n) is 8.92. The maximum Gasteiger partial charge on any atom is 0.238 e. The van der Waals surface area contributed by atoms with Crippen molar-refractivity contribution in [3.8, 4) is 0 Å². The smallest absolute Gasteiger partial charge is 0.238 e. The quantitative estimate of drug-likeness (QED) is 0.136. The van der Waals surface area contributed by atoms with Crippen LogP contribution in [0, 0.1) is 0 Å². The van der Waals surface area contributed by atoms with Gasteiger partial charge in [0.2, 0.25) is 11.8 Å². The van der Waals surface area contributed by atoms with Gasteiger partial charge in [-0.2, -0.15) is 0 Å². The number of hydrogen-bond donors (Lipinski definition) is 4. The zero-order chi connectivity index (χ0) is 38.3. The van der Waals surface area contributed by atoms with Crippen molar-refractivity contribution in [1.29, 1.82) is 0 Å². The van der Waals surface area contributed by atoms with Crippen molar-refractivity contribution in [1.82, 2.24) is 9.97 Å². The molecule has 0 unspecified atom stereocenters. The highest BCUT2D eigenvalue weighted by Gasteiger charge is 2.58. The van der Waals surface area contributed by atoms with Crippen LogP contribution < -0.4 is 10.2 Å². The molecule has 2 amide bonds. The molecule has 4 aliphatic rings. The highest BCUT2D eigenvalue weighted by molar-refractivity contribution is 6.17. The molecule has 55 heavy (non-hydrogen) atoms. The average molecular weight is 755 g/mol. The second-order valence-corrected chi connectivity index (χ2v) is 15.2. The lowest BCUT2D eigenvalue weighted by atomic mass is 9.63. The molecule has 6 aromatic rings. The molecule has 2 saturated carbocycles. The molecule has 9 nitrogen and oxygen atoms in total. The van der Waals surface area contributed by atoms with Crippen molar-refractivity contribution < 1.29 is 24.9 Å². The normalized spacial score (nSPS) is 23.0. The minimum Gasteiger partial charge on any atom is -0.393 e. The van der Waals surface area contributed by atoms with Crippen LogP contribution >= 0.6 is 11.6 Å². The van der Waals surface area contributed by atoms with E-state index in [1.54, 1.807) is 11.1 Å². The number of fused-ring (bicyclic) bond motifs is 6. The van der Waals surface area contributed by atoms with Gasteiger partial charge in [0, 0.05) is 40.1 Å². The van der Waals surface area contributed by atoms with Crippen molar-refractivity contribution >= 4 is 56.3 Å². The molecule has 0 atom stereocenters. The molecular formula is C45H43ClN4O5. The van der Waals surface area contributed by atoms with E-state index in [0.29, 0.717) is 43.8 Å². The number of pyridine rings is 2. The Bertz CT molecular complexity index is 2420. The summed E-state index contributed by atoms with van der Waals surface area (Å²) >= 11 is 5.85. The molecule has 2 spiro atoms. The molecule has 0 saturated heterocycles. The van der Waals surface area contributed by atoms with Crippen LogP contribution in [0.5, 0.6) is 0 Å². The molecule has 10 rings (SSSR count). The molecule has 4 N–H and O–H groups in total. The number of carbonyl (C=O) groups is 2. The predicted octanol–water partition coefficient (Wildman–Crippen LogP) is 7.23. The van der Waals surface area contributed by atoms with E-state index in [2.05, 4.69) is 40.4 Å². The zero-order valence-electron chi connectivity index (χ0n) is 30.6. The van der Waals surface area contributed by atoms with Crippen molar-refractivity contribution in [2.75, 3.05) is 10.2 Å². The van der Waals surface area contributed by atoms with Gasteiger partial charge in [0.05, 0.1) is 53.5 Å². The number of nitrogens with zero attached hydrogens (tertiary/aromatic N) is 3. The number of aryl methyl sites for hydroxylation is 1. The van der Waals surface area contributed by atoms with Gasteiger partial charge < -0.3 is 25.5 Å². The average Bonchev–Trinajstić information content (AvgIpc) is 3.62. The third-order valence-corrected chi connectivity index (χ3v) is 12.0. The molecule has 0 radical (unpaired) electrons. The second-order valence-electron chi connectivity index (χ2n) is 14.9. The Morgan fingerprint density at radius 2 is 1.27 bits per heavy atom. The number of aromatic nitrogens is 2. The lowest BCUT2D eigenvalue weighted by Gasteiger charge is -2.41. The zero-order valence-corrected chi connectivity index (χ0v) is 31.3. The fourth-order valence-corrected chi connectivity index (χ4v) is 9.15. The number of benzene rings is 4. The Morgan fingerprint density at radius 1 is 0.727 bits per heavy atom. The van der Waals surface area contributed by atoms with E-state index in [1.807, 2.05) is 85.1 Å². The largest absolute Gasteiger partial charge is 0.393 e. The standard InChI is InChI=1S/C22H20N2O3.C12H12ClN.C11H11NO2/c25-13-17-16-6-2-1-5-14(16)11-23-19(17)12-24-20-8-4-3-7-18(20)22(21(24)27)9-15(26)10-22;1-2-10-11-6-4-3-5-9(11)8-14-12(10)7-13;13-7-5-11(6-7)8-3-1-2-4-9(8)12-10(11)14/h1-8,11,15,25-26H,9-10,12-13H2;3-6,8H,2,7H2,1H3;1-4,7,13H,5-6H2,(H,12,14). The van der Waals surface area contributed by atoms with Crippen LogP contribution in [-0.4, -0.2) is 49.3 Å². The van der Waals surface area contributed by atoms with Crippen LogP contribution in [0.3, 0.4) is 0 Å². The molecular weight excluding hydrogens is 712 g/mol. The first kappa shape index (κ1) is 36.8. The van der Waals surface area contributed by atoms with E-state index in [0.717, 1.165) is 51.0 Å². The van der Waals surface area contributed by atoms with Crippen molar-refractivity contribution in [2.45, 2.75) is 81.1 Å². The number of rotatable bonds is 5. The summed E-state index contributed by atoms with van der Waals surface area (Å²) in [6, 6.07) is 31.6. The topological polar surface area (TPSA) is 136 Å². The molecule has 0 bridgehead atoms. The van der Waals surface area contributed by atoms with Gasteiger partial charge in [0.15, 0.2) is 0 Å². The maximum atomic E-state index is 13.3. The van der Waals surface area contributed by atoms with Gasteiger partial charge in [-0.25, -0.2) is 0 Å². The number of alkyl halides is 1. The summed E-state index contributed by atoms with van der Waals surface area (Å²) in [7, 11) is 0. The number of anilines is 2. The molecule has 4 heterocycles. The summed E-state index contributed by atoms with van der Waals surface area (Å²) in [6.45, 7) is 2.32. The van der Waals surface area contributed by atoms with Gasteiger partial charge in [-0.1, -0.05) is 91.9 Å². The summed E-state index contributed by atoms with van der Waals surface area (Å²) in [5.74, 6) is 0.561. The van der Waals surface area contributed by atoms with Crippen LogP contribution in [0.4, 0.5) is 11.4 Å². The lowest BCUT2D eigenvalue weighted by Crippen LogP contribution is -2.51. The first-order valence-corrected chi connectivity index (χ1v) is 19.3. The minimum absolute atomic E-state index is 0.0212. The van der Waals surface area contributed by atoms with E-state index in [9.17, 15) is 24.9 Å². The summed E-state index contributed by atoms with van der Waals surface area (Å²) in [5, 5.41) is 36.4. The first-order valence-electron chi connectivity index (χ1n) is 18.8. The van der Waals surface area contributed by atoms with Crippen LogP contribution in [-0.2, 0) is 45.9 Å². The summed E-state index contributed by atoms with van der Waals surface area (Å²) in [4.78, 5) is 35.7. The van der Waals surface area contributed by atoms with Gasteiger partial charge in [0.25, 0.3) is 0 Å². The Hall–Kier alpha value is -5.19. The Kier molecular flexibility index (Phi) is 9.90. The number of nitrogens with one attached hydrogen (secondary N) is 1. The minimum atomic E-state index is -0.605. The van der Waals surface area contributed by atoms with Gasteiger partial charge in [-0.15, -0.1) is 11.6 Å². The number of amides is 2. The highest BCUT2D eigenvalue weighted by atomic mass is 35.5. The summed E-state index contributed by atoms with van der Waals surface area (Å²) in [5.41, 5.74) is 6.55. The van der Waals surface area contributed by atoms with Crippen molar-refractivity contribution in [3.63, 3.8) is 0 Å². The number of hydrogen-bond acceptors (Lipinski definition) is 7. The van der Waals surface area contributed by atoms with E-state index >= 15 is 0 Å². The summed E-state index contributed by atoms with van der Waals surface area (Å²) in [6.07, 6.45) is 6.00. The number of aliphatic hydroxyl groups excluding tert-OH is 3.